The number of nitriles is 1. The SMILES string of the molecule is C[C@@H]1CCC[C@@]1(O)C#N. The molecule has 0 radical (unpaired) electrons. The van der Waals surface area contributed by atoms with Crippen LogP contribution < -0.4 is 0 Å². The molecule has 50 valence electrons. The van der Waals surface area contributed by atoms with Crippen LogP contribution in [0.25, 0.3) is 0 Å². The largest absolute Gasteiger partial charge is 0.375 e. The predicted octanol–water partition coefficient (Wildman–Crippen LogP) is 1.06. The normalized spacial score (nSPS) is 42.6. The van der Waals surface area contributed by atoms with Gasteiger partial charge in [-0.3, -0.25) is 0 Å². The van der Waals surface area contributed by atoms with E-state index in [1.165, 1.54) is 0 Å². The second-order valence-corrected chi connectivity index (χ2v) is 2.83. The van der Waals surface area contributed by atoms with Crippen molar-refractivity contribution in [2.45, 2.75) is 31.8 Å². The molecule has 0 amide bonds. The molecule has 1 saturated carbocycles. The van der Waals surface area contributed by atoms with Crippen LogP contribution in [0.1, 0.15) is 26.2 Å². The van der Waals surface area contributed by atoms with Crippen molar-refractivity contribution in [3.63, 3.8) is 0 Å². The average molecular weight is 125 g/mol. The second-order valence-electron chi connectivity index (χ2n) is 2.83. The Morgan fingerprint density at radius 2 is 2.44 bits per heavy atom. The fourth-order valence-corrected chi connectivity index (χ4v) is 1.33. The van der Waals surface area contributed by atoms with Gasteiger partial charge in [0.2, 0.25) is 0 Å². The van der Waals surface area contributed by atoms with Gasteiger partial charge < -0.3 is 5.11 Å². The minimum atomic E-state index is -1.00. The number of aliphatic hydroxyl groups is 1. The summed E-state index contributed by atoms with van der Waals surface area (Å²) in [7, 11) is 0. The van der Waals surface area contributed by atoms with E-state index in [1.807, 2.05) is 13.0 Å². The smallest absolute Gasteiger partial charge is 0.153 e. The van der Waals surface area contributed by atoms with E-state index in [9.17, 15) is 5.11 Å². The molecule has 0 unspecified atom stereocenters. The first-order valence-corrected chi connectivity index (χ1v) is 3.33. The minimum absolute atomic E-state index is 0.169. The van der Waals surface area contributed by atoms with Gasteiger partial charge in [0.25, 0.3) is 0 Å². The van der Waals surface area contributed by atoms with Crippen LogP contribution in [0, 0.1) is 17.2 Å². The van der Waals surface area contributed by atoms with Gasteiger partial charge in [0.05, 0.1) is 6.07 Å². The molecule has 9 heavy (non-hydrogen) atoms. The van der Waals surface area contributed by atoms with Crippen molar-refractivity contribution in [3.05, 3.63) is 0 Å². The van der Waals surface area contributed by atoms with Crippen molar-refractivity contribution in [3.8, 4) is 6.07 Å². The Kier molecular flexibility index (Phi) is 1.46. The lowest BCUT2D eigenvalue weighted by Crippen LogP contribution is -2.28. The quantitative estimate of drug-likeness (QED) is 0.492. The third-order valence-electron chi connectivity index (χ3n) is 2.20. The van der Waals surface area contributed by atoms with Gasteiger partial charge in [-0.05, 0) is 25.2 Å². The molecule has 2 heteroatoms. The highest BCUT2D eigenvalue weighted by Crippen LogP contribution is 2.34. The molecule has 0 spiro atoms. The molecule has 0 bridgehead atoms. The van der Waals surface area contributed by atoms with Gasteiger partial charge in [0.15, 0.2) is 5.60 Å². The van der Waals surface area contributed by atoms with Gasteiger partial charge in [0, 0.05) is 0 Å². The van der Waals surface area contributed by atoms with Gasteiger partial charge in [-0.15, -0.1) is 0 Å². The minimum Gasteiger partial charge on any atom is -0.375 e. The van der Waals surface area contributed by atoms with Gasteiger partial charge in [-0.2, -0.15) is 5.26 Å². The van der Waals surface area contributed by atoms with E-state index in [4.69, 9.17) is 5.26 Å². The van der Waals surface area contributed by atoms with E-state index in [0.717, 1.165) is 12.8 Å². The van der Waals surface area contributed by atoms with Crippen LogP contribution in [0.5, 0.6) is 0 Å². The maximum absolute atomic E-state index is 9.41. The van der Waals surface area contributed by atoms with Crippen molar-refractivity contribution in [1.29, 1.82) is 5.26 Å². The summed E-state index contributed by atoms with van der Waals surface area (Å²) in [6.07, 6.45) is 2.64. The lowest BCUT2D eigenvalue weighted by molar-refractivity contribution is 0.0665. The maximum Gasteiger partial charge on any atom is 0.153 e. The number of hydrogen-bond acceptors (Lipinski definition) is 2. The molecule has 0 saturated heterocycles. The van der Waals surface area contributed by atoms with Crippen molar-refractivity contribution >= 4 is 0 Å². The van der Waals surface area contributed by atoms with Crippen LogP contribution >= 0.6 is 0 Å². The first-order valence-electron chi connectivity index (χ1n) is 3.33. The Morgan fingerprint density at radius 1 is 1.78 bits per heavy atom. The van der Waals surface area contributed by atoms with Gasteiger partial charge in [-0.25, -0.2) is 0 Å². The predicted molar refractivity (Wildman–Crippen MR) is 33.6 cm³/mol. The molecule has 0 aromatic rings. The molecule has 1 fully saturated rings. The maximum atomic E-state index is 9.41. The van der Waals surface area contributed by atoms with Gasteiger partial charge in [0.1, 0.15) is 0 Å². The topological polar surface area (TPSA) is 44.0 Å². The zero-order valence-corrected chi connectivity index (χ0v) is 5.59. The highest BCUT2D eigenvalue weighted by molar-refractivity contribution is 5.06. The molecule has 1 aliphatic rings. The monoisotopic (exact) mass is 125 g/mol. The summed E-state index contributed by atoms with van der Waals surface area (Å²) < 4.78 is 0. The van der Waals surface area contributed by atoms with E-state index in [0.29, 0.717) is 6.42 Å². The van der Waals surface area contributed by atoms with Crippen molar-refractivity contribution in [1.82, 2.24) is 0 Å². The van der Waals surface area contributed by atoms with Gasteiger partial charge >= 0.3 is 0 Å². The summed E-state index contributed by atoms with van der Waals surface area (Å²) in [5.41, 5.74) is -1.00. The molecule has 0 aliphatic heterocycles. The van der Waals surface area contributed by atoms with E-state index < -0.39 is 5.60 Å². The Balaban J connectivity index is 2.70. The highest BCUT2D eigenvalue weighted by atomic mass is 16.3. The summed E-state index contributed by atoms with van der Waals surface area (Å²) in [5, 5.41) is 17.9. The first kappa shape index (κ1) is 6.57. The summed E-state index contributed by atoms with van der Waals surface area (Å²) >= 11 is 0. The molecule has 1 N–H and O–H groups in total. The third kappa shape index (κ3) is 0.927. The highest BCUT2D eigenvalue weighted by Gasteiger charge is 2.37. The molecule has 1 rings (SSSR count). The standard InChI is InChI=1S/C7H11NO/c1-6-3-2-4-7(6,9)5-8/h6,9H,2-4H2,1H3/t6-,7-/m1/s1. The number of rotatable bonds is 0. The summed E-state index contributed by atoms with van der Waals surface area (Å²) in [4.78, 5) is 0. The third-order valence-corrected chi connectivity index (χ3v) is 2.20. The molecular weight excluding hydrogens is 114 g/mol. The van der Waals surface area contributed by atoms with Crippen molar-refractivity contribution < 1.29 is 5.11 Å². The van der Waals surface area contributed by atoms with Crippen LogP contribution in [0.15, 0.2) is 0 Å². The fraction of sp³-hybridized carbons (Fsp3) is 0.857. The van der Waals surface area contributed by atoms with E-state index >= 15 is 0 Å². The molecule has 0 aromatic heterocycles. The zero-order chi connectivity index (χ0) is 6.91. The molecule has 0 heterocycles. The van der Waals surface area contributed by atoms with Crippen molar-refractivity contribution in [2.75, 3.05) is 0 Å². The average Bonchev–Trinajstić information content (AvgIpc) is 2.15. The summed E-state index contributed by atoms with van der Waals surface area (Å²) in [6, 6.07) is 1.95. The van der Waals surface area contributed by atoms with Gasteiger partial charge in [-0.1, -0.05) is 6.92 Å². The lowest BCUT2D eigenvalue weighted by Gasteiger charge is -2.17. The number of nitrogens with zero attached hydrogens (tertiary/aromatic N) is 1. The molecular formula is C7H11NO. The van der Waals surface area contributed by atoms with E-state index in [2.05, 4.69) is 0 Å². The van der Waals surface area contributed by atoms with Crippen LogP contribution in [0.3, 0.4) is 0 Å². The van der Waals surface area contributed by atoms with Crippen LogP contribution in [-0.2, 0) is 0 Å². The van der Waals surface area contributed by atoms with E-state index in [-0.39, 0.29) is 5.92 Å². The zero-order valence-electron chi connectivity index (χ0n) is 5.59. The summed E-state index contributed by atoms with van der Waals surface area (Å²) in [6.45, 7) is 1.93. The van der Waals surface area contributed by atoms with E-state index in [1.54, 1.807) is 0 Å². The lowest BCUT2D eigenvalue weighted by atomic mass is 9.95. The molecule has 0 aromatic carbocycles. The second kappa shape index (κ2) is 2.00. The Hall–Kier alpha value is -0.550. The molecule has 1 aliphatic carbocycles. The van der Waals surface area contributed by atoms with Crippen LogP contribution in [-0.4, -0.2) is 10.7 Å². The van der Waals surface area contributed by atoms with Crippen LogP contribution in [0.2, 0.25) is 0 Å². The Bertz CT molecular complexity index is 149. The Labute approximate surface area is 55.1 Å². The van der Waals surface area contributed by atoms with Crippen molar-refractivity contribution in [2.24, 2.45) is 5.92 Å². The van der Waals surface area contributed by atoms with Crippen LogP contribution in [0.4, 0.5) is 0 Å². The fourth-order valence-electron chi connectivity index (χ4n) is 1.33. The number of hydrogen-bond donors (Lipinski definition) is 1. The molecule has 2 atom stereocenters. The first-order chi connectivity index (χ1) is 4.19. The summed E-state index contributed by atoms with van der Waals surface area (Å²) in [5.74, 6) is 0.169. The molecule has 2 nitrogen and oxygen atoms in total. The Morgan fingerprint density at radius 3 is 2.67 bits per heavy atom.